The van der Waals surface area contributed by atoms with E-state index in [2.05, 4.69) is 37.8 Å². The molecular formula is C18H38N2. The third-order valence-corrected chi connectivity index (χ3v) is 4.00. The van der Waals surface area contributed by atoms with Crippen LogP contribution in [-0.2, 0) is 0 Å². The monoisotopic (exact) mass is 282 g/mol. The van der Waals surface area contributed by atoms with Crippen LogP contribution in [0.1, 0.15) is 90.9 Å². The van der Waals surface area contributed by atoms with Gasteiger partial charge in [-0.2, -0.15) is 0 Å². The molecule has 0 aromatic rings. The molecule has 0 aromatic carbocycles. The molecule has 20 heavy (non-hydrogen) atoms. The van der Waals surface area contributed by atoms with Crippen LogP contribution in [-0.4, -0.2) is 31.4 Å². The zero-order valence-corrected chi connectivity index (χ0v) is 14.6. The summed E-state index contributed by atoms with van der Waals surface area (Å²) >= 11 is 0. The number of nitrogens with zero attached hydrogens (tertiary/aromatic N) is 2. The molecule has 120 valence electrons. The quantitative estimate of drug-likeness (QED) is 0.241. The van der Waals surface area contributed by atoms with Gasteiger partial charge in [-0.05, 0) is 13.3 Å². The summed E-state index contributed by atoms with van der Waals surface area (Å²) in [6.45, 7) is 5.37. The van der Waals surface area contributed by atoms with Gasteiger partial charge in [-0.15, -0.1) is 0 Å². The largest absolute Gasteiger partial charge is 0.367 e. The van der Waals surface area contributed by atoms with Crippen LogP contribution in [0.25, 0.3) is 0 Å². The molecule has 0 amide bonds. The molecule has 0 saturated heterocycles. The minimum atomic E-state index is 1.00. The number of hydrogen-bond acceptors (Lipinski definition) is 1. The molecule has 0 fully saturated rings. The first kappa shape index (κ1) is 19.5. The summed E-state index contributed by atoms with van der Waals surface area (Å²) in [5, 5.41) is 0. The van der Waals surface area contributed by atoms with Crippen LogP contribution in [0.5, 0.6) is 0 Å². The third kappa shape index (κ3) is 13.9. The molecule has 0 rings (SSSR count). The van der Waals surface area contributed by atoms with Crippen molar-refractivity contribution in [3.05, 3.63) is 0 Å². The summed E-state index contributed by atoms with van der Waals surface area (Å²) in [6, 6.07) is 0. The maximum atomic E-state index is 4.55. The van der Waals surface area contributed by atoms with Gasteiger partial charge in [0.15, 0.2) is 0 Å². The maximum absolute atomic E-state index is 4.55. The molecule has 0 saturated carbocycles. The molecule has 0 aromatic heterocycles. The summed E-state index contributed by atoms with van der Waals surface area (Å²) in [5.41, 5.74) is 0. The van der Waals surface area contributed by atoms with Crippen molar-refractivity contribution >= 4 is 5.84 Å². The summed E-state index contributed by atoms with van der Waals surface area (Å²) in [5.74, 6) is 1.15. The number of unbranched alkanes of at least 4 members (excludes halogenated alkanes) is 11. The lowest BCUT2D eigenvalue weighted by molar-refractivity contribution is 0.544. The minimum absolute atomic E-state index is 1.00. The van der Waals surface area contributed by atoms with Crippen molar-refractivity contribution in [1.29, 1.82) is 0 Å². The Morgan fingerprint density at radius 1 is 0.700 bits per heavy atom. The first-order chi connectivity index (χ1) is 9.68. The van der Waals surface area contributed by atoms with Crippen LogP contribution in [0, 0.1) is 0 Å². The van der Waals surface area contributed by atoms with Crippen molar-refractivity contribution in [3.8, 4) is 0 Å². The second-order valence-electron chi connectivity index (χ2n) is 6.21. The van der Waals surface area contributed by atoms with Crippen LogP contribution in [0.3, 0.4) is 0 Å². The predicted octanol–water partition coefficient (Wildman–Crippen LogP) is 5.67. The standard InChI is InChI=1S/C18H38N2/c1-5-6-7-8-9-10-11-12-13-14-15-16-17-19-18(2)20(3)4/h5-17H2,1-4H3. The minimum Gasteiger partial charge on any atom is -0.367 e. The fourth-order valence-electron chi connectivity index (χ4n) is 2.34. The molecule has 0 radical (unpaired) electrons. The number of rotatable bonds is 13. The van der Waals surface area contributed by atoms with Crippen LogP contribution in [0.2, 0.25) is 0 Å². The van der Waals surface area contributed by atoms with Crippen molar-refractivity contribution in [3.63, 3.8) is 0 Å². The fourth-order valence-corrected chi connectivity index (χ4v) is 2.34. The molecule has 0 spiro atoms. The molecule has 2 nitrogen and oxygen atoms in total. The Morgan fingerprint density at radius 2 is 1.10 bits per heavy atom. The number of hydrogen-bond donors (Lipinski definition) is 0. The van der Waals surface area contributed by atoms with Gasteiger partial charge < -0.3 is 4.90 Å². The van der Waals surface area contributed by atoms with Gasteiger partial charge in [0.1, 0.15) is 0 Å². The van der Waals surface area contributed by atoms with Crippen molar-refractivity contribution in [2.24, 2.45) is 4.99 Å². The van der Waals surface area contributed by atoms with Gasteiger partial charge in [0.2, 0.25) is 0 Å². The van der Waals surface area contributed by atoms with E-state index >= 15 is 0 Å². The Morgan fingerprint density at radius 3 is 1.50 bits per heavy atom. The van der Waals surface area contributed by atoms with E-state index in [1.54, 1.807) is 0 Å². The lowest BCUT2D eigenvalue weighted by atomic mass is 10.1. The second kappa shape index (κ2) is 14.9. The van der Waals surface area contributed by atoms with Crippen molar-refractivity contribution in [2.45, 2.75) is 90.9 Å². The number of amidine groups is 1. The zero-order valence-electron chi connectivity index (χ0n) is 14.6. The van der Waals surface area contributed by atoms with Crippen LogP contribution >= 0.6 is 0 Å². The van der Waals surface area contributed by atoms with Gasteiger partial charge in [0, 0.05) is 20.6 Å². The van der Waals surface area contributed by atoms with E-state index < -0.39 is 0 Å². The predicted molar refractivity (Wildman–Crippen MR) is 92.7 cm³/mol. The summed E-state index contributed by atoms with van der Waals surface area (Å²) in [4.78, 5) is 6.63. The topological polar surface area (TPSA) is 15.6 Å². The molecule has 0 aliphatic carbocycles. The fraction of sp³-hybridized carbons (Fsp3) is 0.944. The Labute approximate surface area is 128 Å². The molecule has 0 N–H and O–H groups in total. The second-order valence-corrected chi connectivity index (χ2v) is 6.21. The SMILES string of the molecule is CCCCCCCCCCCCCCN=C(C)N(C)C. The lowest BCUT2D eigenvalue weighted by Gasteiger charge is -2.10. The Bertz CT molecular complexity index is 221. The van der Waals surface area contributed by atoms with Crippen molar-refractivity contribution < 1.29 is 0 Å². The van der Waals surface area contributed by atoms with Crippen molar-refractivity contribution in [1.82, 2.24) is 4.90 Å². The highest BCUT2D eigenvalue weighted by molar-refractivity contribution is 5.79. The highest BCUT2D eigenvalue weighted by Gasteiger charge is 1.94. The molecule has 0 unspecified atom stereocenters. The van der Waals surface area contributed by atoms with Gasteiger partial charge in [0.25, 0.3) is 0 Å². The summed E-state index contributed by atoms with van der Waals surface area (Å²) < 4.78 is 0. The number of aliphatic imine (C=N–C) groups is 1. The van der Waals surface area contributed by atoms with Crippen LogP contribution in [0.4, 0.5) is 0 Å². The Balaban J connectivity index is 3.12. The van der Waals surface area contributed by atoms with Gasteiger partial charge >= 0.3 is 0 Å². The van der Waals surface area contributed by atoms with E-state index in [1.165, 1.54) is 77.0 Å². The third-order valence-electron chi connectivity index (χ3n) is 4.00. The molecule has 0 aliphatic heterocycles. The van der Waals surface area contributed by atoms with Crippen LogP contribution < -0.4 is 0 Å². The average molecular weight is 283 g/mol. The lowest BCUT2D eigenvalue weighted by Crippen LogP contribution is -2.18. The van der Waals surface area contributed by atoms with E-state index in [9.17, 15) is 0 Å². The van der Waals surface area contributed by atoms with Crippen LogP contribution in [0.15, 0.2) is 4.99 Å². The highest BCUT2D eigenvalue weighted by atomic mass is 15.1. The zero-order chi connectivity index (χ0) is 15.1. The Hall–Kier alpha value is -0.530. The normalized spacial score (nSPS) is 11.9. The summed E-state index contributed by atoms with van der Waals surface area (Å²) in [7, 11) is 4.11. The van der Waals surface area contributed by atoms with Gasteiger partial charge in [-0.25, -0.2) is 0 Å². The molecule has 2 heteroatoms. The van der Waals surface area contributed by atoms with E-state index in [4.69, 9.17) is 0 Å². The average Bonchev–Trinajstić information content (AvgIpc) is 2.43. The highest BCUT2D eigenvalue weighted by Crippen LogP contribution is 2.11. The smallest absolute Gasteiger partial charge is 0.0952 e. The van der Waals surface area contributed by atoms with Crippen molar-refractivity contribution in [2.75, 3.05) is 20.6 Å². The van der Waals surface area contributed by atoms with Gasteiger partial charge in [-0.1, -0.05) is 77.6 Å². The van der Waals surface area contributed by atoms with Gasteiger partial charge in [0.05, 0.1) is 5.84 Å². The van der Waals surface area contributed by atoms with E-state index in [-0.39, 0.29) is 0 Å². The molecule has 0 atom stereocenters. The molecule has 0 bridgehead atoms. The maximum Gasteiger partial charge on any atom is 0.0952 e. The first-order valence-corrected chi connectivity index (χ1v) is 8.86. The first-order valence-electron chi connectivity index (χ1n) is 8.86. The van der Waals surface area contributed by atoms with E-state index in [0.29, 0.717) is 0 Å². The molecule has 0 heterocycles. The Kier molecular flexibility index (Phi) is 14.5. The van der Waals surface area contributed by atoms with E-state index in [1.807, 2.05) is 0 Å². The summed E-state index contributed by atoms with van der Waals surface area (Å²) in [6.07, 6.45) is 16.9. The van der Waals surface area contributed by atoms with E-state index in [0.717, 1.165) is 12.4 Å². The van der Waals surface area contributed by atoms with Gasteiger partial charge in [-0.3, -0.25) is 4.99 Å². The molecule has 0 aliphatic rings. The molecular weight excluding hydrogens is 244 g/mol.